The van der Waals surface area contributed by atoms with Crippen molar-refractivity contribution in [2.75, 3.05) is 18.6 Å². The van der Waals surface area contributed by atoms with Crippen molar-refractivity contribution in [3.8, 4) is 0 Å². The number of Topliss-reactive ketones (excluding diaryl/α,β-unsaturated/α-hetero) is 1. The zero-order chi connectivity index (χ0) is 15.4. The van der Waals surface area contributed by atoms with Crippen LogP contribution in [0.4, 0.5) is 0 Å². The number of hydrogen-bond acceptors (Lipinski definition) is 4. The molecule has 0 saturated heterocycles. The summed E-state index contributed by atoms with van der Waals surface area (Å²) in [7, 11) is -1.39. The predicted molar refractivity (Wildman–Crippen MR) is 80.6 cm³/mol. The molecule has 20 heavy (non-hydrogen) atoms. The number of carbonyl (C=O) groups is 1. The van der Waals surface area contributed by atoms with E-state index in [1.54, 1.807) is 14.0 Å². The predicted octanol–water partition coefficient (Wildman–Crippen LogP) is 2.76. The van der Waals surface area contributed by atoms with Gasteiger partial charge in [-0.2, -0.15) is 0 Å². The lowest BCUT2D eigenvalue weighted by atomic mass is 9.69. The van der Waals surface area contributed by atoms with Crippen LogP contribution in [0.15, 0.2) is 0 Å². The van der Waals surface area contributed by atoms with Gasteiger partial charge in [0.1, 0.15) is 15.4 Å². The molecule has 0 atom stereocenters. The third-order valence-electron chi connectivity index (χ3n) is 4.61. The summed E-state index contributed by atoms with van der Waals surface area (Å²) in [6.45, 7) is 6.06. The Labute approximate surface area is 123 Å². The van der Waals surface area contributed by atoms with E-state index in [4.69, 9.17) is 4.74 Å². The van der Waals surface area contributed by atoms with E-state index in [1.165, 1.54) is 0 Å². The summed E-state index contributed by atoms with van der Waals surface area (Å²) < 4.78 is 28.4. The highest BCUT2D eigenvalue weighted by molar-refractivity contribution is 7.91. The highest BCUT2D eigenvalue weighted by Crippen LogP contribution is 2.42. The fourth-order valence-corrected chi connectivity index (χ4v) is 3.63. The van der Waals surface area contributed by atoms with Gasteiger partial charge in [0.15, 0.2) is 5.78 Å². The van der Waals surface area contributed by atoms with Crippen molar-refractivity contribution in [2.45, 2.75) is 64.9 Å². The Morgan fingerprint density at radius 1 is 1.15 bits per heavy atom. The second-order valence-corrected chi connectivity index (χ2v) is 9.10. The first-order valence-electron chi connectivity index (χ1n) is 7.45. The third-order valence-corrected chi connectivity index (χ3v) is 6.40. The third kappa shape index (κ3) is 4.55. The van der Waals surface area contributed by atoms with Crippen molar-refractivity contribution in [3.63, 3.8) is 0 Å². The average molecular weight is 304 g/mol. The smallest absolute Gasteiger partial charge is 0.164 e. The van der Waals surface area contributed by atoms with Crippen molar-refractivity contribution >= 4 is 15.6 Å². The standard InChI is InChI=1S/C15H28O4S/c1-5-20(17,18)12-6-7-13(16)15(19-4)10-8-14(2,3)9-11-15/h5-12H2,1-4H3. The van der Waals surface area contributed by atoms with Crippen molar-refractivity contribution in [3.05, 3.63) is 0 Å². The second kappa shape index (κ2) is 6.56. The van der Waals surface area contributed by atoms with E-state index in [0.29, 0.717) is 12.8 Å². The molecule has 0 aromatic heterocycles. The topological polar surface area (TPSA) is 60.4 Å². The average Bonchev–Trinajstić information content (AvgIpc) is 2.39. The van der Waals surface area contributed by atoms with Gasteiger partial charge in [-0.1, -0.05) is 20.8 Å². The number of methoxy groups -OCH3 is 1. The number of ether oxygens (including phenoxy) is 1. The van der Waals surface area contributed by atoms with Gasteiger partial charge >= 0.3 is 0 Å². The van der Waals surface area contributed by atoms with E-state index in [0.717, 1.165) is 25.7 Å². The molecule has 0 aromatic rings. The van der Waals surface area contributed by atoms with E-state index in [-0.39, 0.29) is 22.7 Å². The molecule has 0 bridgehead atoms. The molecule has 0 radical (unpaired) electrons. The first-order valence-corrected chi connectivity index (χ1v) is 9.27. The lowest BCUT2D eigenvalue weighted by Gasteiger charge is -2.41. The molecule has 0 N–H and O–H groups in total. The molecule has 0 heterocycles. The van der Waals surface area contributed by atoms with Crippen LogP contribution in [-0.2, 0) is 19.4 Å². The summed E-state index contributed by atoms with van der Waals surface area (Å²) >= 11 is 0. The van der Waals surface area contributed by atoms with Crippen molar-refractivity contribution in [1.82, 2.24) is 0 Å². The number of ketones is 1. The van der Waals surface area contributed by atoms with Crippen LogP contribution in [-0.4, -0.2) is 38.4 Å². The molecule has 1 fully saturated rings. The van der Waals surface area contributed by atoms with Crippen LogP contribution in [0, 0.1) is 5.41 Å². The van der Waals surface area contributed by atoms with Crippen LogP contribution in [0.5, 0.6) is 0 Å². The Morgan fingerprint density at radius 2 is 1.70 bits per heavy atom. The molecule has 5 heteroatoms. The van der Waals surface area contributed by atoms with Crippen LogP contribution in [0.1, 0.15) is 59.3 Å². The maximum absolute atomic E-state index is 12.4. The monoisotopic (exact) mass is 304 g/mol. The minimum Gasteiger partial charge on any atom is -0.370 e. The summed E-state index contributed by atoms with van der Waals surface area (Å²) in [5.41, 5.74) is -0.403. The molecule has 1 saturated carbocycles. The highest BCUT2D eigenvalue weighted by Gasteiger charge is 2.43. The number of rotatable bonds is 7. The summed E-state index contributed by atoms with van der Waals surface area (Å²) in [5.74, 6) is 0.313. The molecule has 0 unspecified atom stereocenters. The largest absolute Gasteiger partial charge is 0.370 e. The lowest BCUT2D eigenvalue weighted by molar-refractivity contribution is -0.148. The van der Waals surface area contributed by atoms with E-state index >= 15 is 0 Å². The zero-order valence-corrected chi connectivity index (χ0v) is 14.0. The molecule has 0 aliphatic heterocycles. The van der Waals surface area contributed by atoms with Gasteiger partial charge in [0.05, 0.1) is 5.75 Å². The van der Waals surface area contributed by atoms with E-state index in [1.807, 2.05) is 0 Å². The maximum Gasteiger partial charge on any atom is 0.164 e. The normalized spacial score (nSPS) is 21.6. The van der Waals surface area contributed by atoms with Gasteiger partial charge in [0.2, 0.25) is 0 Å². The Hall–Kier alpha value is -0.420. The van der Waals surface area contributed by atoms with E-state index in [9.17, 15) is 13.2 Å². The molecule has 0 amide bonds. The Morgan fingerprint density at radius 3 is 2.15 bits per heavy atom. The lowest BCUT2D eigenvalue weighted by Crippen LogP contribution is -2.45. The van der Waals surface area contributed by atoms with Gasteiger partial charge in [0.25, 0.3) is 0 Å². The summed E-state index contributed by atoms with van der Waals surface area (Å²) in [6.07, 6.45) is 4.14. The van der Waals surface area contributed by atoms with E-state index in [2.05, 4.69) is 13.8 Å². The fourth-order valence-electron chi connectivity index (χ4n) is 2.75. The molecule has 1 rings (SSSR count). The quantitative estimate of drug-likeness (QED) is 0.725. The van der Waals surface area contributed by atoms with E-state index < -0.39 is 15.4 Å². The molecule has 118 valence electrons. The van der Waals surface area contributed by atoms with Crippen molar-refractivity contribution < 1.29 is 17.9 Å². The first kappa shape index (κ1) is 17.6. The zero-order valence-electron chi connectivity index (χ0n) is 13.2. The molecule has 4 nitrogen and oxygen atoms in total. The number of sulfone groups is 1. The van der Waals surface area contributed by atoms with Gasteiger partial charge in [-0.05, 0) is 37.5 Å². The molecule has 0 aromatic carbocycles. The minimum atomic E-state index is -2.98. The Kier molecular flexibility index (Phi) is 5.79. The molecular formula is C15H28O4S. The number of hydrogen-bond donors (Lipinski definition) is 0. The van der Waals surface area contributed by atoms with Gasteiger partial charge in [-0.25, -0.2) is 8.42 Å². The minimum absolute atomic E-state index is 0.0711. The Bertz CT molecular complexity index is 427. The van der Waals surface area contributed by atoms with Gasteiger partial charge < -0.3 is 4.74 Å². The summed E-state index contributed by atoms with van der Waals surface area (Å²) in [4.78, 5) is 12.4. The maximum atomic E-state index is 12.4. The van der Waals surface area contributed by atoms with Gasteiger partial charge in [-0.15, -0.1) is 0 Å². The van der Waals surface area contributed by atoms with Crippen molar-refractivity contribution in [1.29, 1.82) is 0 Å². The van der Waals surface area contributed by atoms with Crippen LogP contribution in [0.3, 0.4) is 0 Å². The second-order valence-electron chi connectivity index (χ2n) is 6.63. The summed E-state index contributed by atoms with van der Waals surface area (Å²) in [6, 6.07) is 0. The Balaban J connectivity index is 2.56. The van der Waals surface area contributed by atoms with Gasteiger partial charge in [-0.3, -0.25) is 4.79 Å². The van der Waals surface area contributed by atoms with Crippen LogP contribution >= 0.6 is 0 Å². The molecule has 1 aliphatic carbocycles. The van der Waals surface area contributed by atoms with Crippen LogP contribution in [0.2, 0.25) is 0 Å². The summed E-state index contributed by atoms with van der Waals surface area (Å²) in [5, 5.41) is 0. The highest BCUT2D eigenvalue weighted by atomic mass is 32.2. The molecule has 1 aliphatic rings. The van der Waals surface area contributed by atoms with Crippen LogP contribution in [0.25, 0.3) is 0 Å². The SMILES string of the molecule is CCS(=O)(=O)CCCC(=O)C1(OC)CCC(C)(C)CC1. The molecule has 0 spiro atoms. The van der Waals surface area contributed by atoms with Gasteiger partial charge in [0, 0.05) is 19.3 Å². The van der Waals surface area contributed by atoms with Crippen molar-refractivity contribution in [2.24, 2.45) is 5.41 Å². The first-order chi connectivity index (χ1) is 9.16. The van der Waals surface area contributed by atoms with Crippen LogP contribution < -0.4 is 0 Å². The fraction of sp³-hybridized carbons (Fsp3) is 0.933. The molecular weight excluding hydrogens is 276 g/mol. The number of carbonyl (C=O) groups excluding carboxylic acids is 1.